The molecule has 4 aromatic carbocycles. The third-order valence-corrected chi connectivity index (χ3v) is 7.14. The molecule has 0 unspecified atom stereocenters. The standard InChI is InChI=1S/C29H25NO4S/c1-33-26-14-20(15-27(34-2)29(26)32)17-30-24-11-7-6-10-22(24)28(31)23-13-12-21(16-25(23)30)35-18-19-8-4-3-5-9-19/h3-16,32H,17-18H2,1-2H3. The summed E-state index contributed by atoms with van der Waals surface area (Å²) in [5.41, 5.74) is 3.86. The second-order valence-corrected chi connectivity index (χ2v) is 9.28. The first kappa shape index (κ1) is 22.9. The number of phenols is 1. The highest BCUT2D eigenvalue weighted by molar-refractivity contribution is 7.98. The van der Waals surface area contributed by atoms with Crippen LogP contribution in [0.1, 0.15) is 11.1 Å². The predicted molar refractivity (Wildman–Crippen MR) is 142 cm³/mol. The molecule has 0 spiro atoms. The van der Waals surface area contributed by atoms with Gasteiger partial charge in [0.25, 0.3) is 0 Å². The molecule has 1 aromatic heterocycles. The molecule has 0 radical (unpaired) electrons. The summed E-state index contributed by atoms with van der Waals surface area (Å²) in [5.74, 6) is 1.49. The van der Waals surface area contributed by atoms with Crippen molar-refractivity contribution in [1.29, 1.82) is 0 Å². The number of hydrogen-bond acceptors (Lipinski definition) is 5. The van der Waals surface area contributed by atoms with Gasteiger partial charge in [0.1, 0.15) is 0 Å². The van der Waals surface area contributed by atoms with E-state index in [1.165, 1.54) is 19.8 Å². The van der Waals surface area contributed by atoms with E-state index < -0.39 is 0 Å². The molecule has 0 saturated carbocycles. The van der Waals surface area contributed by atoms with Crippen LogP contribution >= 0.6 is 11.8 Å². The van der Waals surface area contributed by atoms with Crippen LogP contribution in [0.2, 0.25) is 0 Å². The lowest BCUT2D eigenvalue weighted by molar-refractivity contribution is 0.339. The summed E-state index contributed by atoms with van der Waals surface area (Å²) in [4.78, 5) is 14.4. The molecule has 0 saturated heterocycles. The van der Waals surface area contributed by atoms with Crippen LogP contribution in [-0.2, 0) is 12.3 Å². The molecular formula is C29H25NO4S. The Kier molecular flexibility index (Phi) is 6.38. The van der Waals surface area contributed by atoms with Gasteiger partial charge in [0, 0.05) is 28.0 Å². The number of thioether (sulfide) groups is 1. The van der Waals surface area contributed by atoms with Crippen molar-refractivity contribution >= 4 is 33.6 Å². The third kappa shape index (κ3) is 4.45. The predicted octanol–water partition coefficient (Wildman–Crippen LogP) is 6.22. The van der Waals surface area contributed by atoms with E-state index in [0.29, 0.717) is 28.8 Å². The molecule has 0 aliphatic heterocycles. The zero-order valence-corrected chi connectivity index (χ0v) is 20.3. The fraction of sp³-hybridized carbons (Fsp3) is 0.138. The summed E-state index contributed by atoms with van der Waals surface area (Å²) < 4.78 is 12.9. The summed E-state index contributed by atoms with van der Waals surface area (Å²) in [5, 5.41) is 11.7. The fourth-order valence-electron chi connectivity index (χ4n) is 4.33. The largest absolute Gasteiger partial charge is 0.502 e. The van der Waals surface area contributed by atoms with Crippen LogP contribution < -0.4 is 14.9 Å². The second kappa shape index (κ2) is 9.76. The van der Waals surface area contributed by atoms with Crippen LogP contribution in [0.15, 0.2) is 94.6 Å². The van der Waals surface area contributed by atoms with Gasteiger partial charge < -0.3 is 19.1 Å². The van der Waals surface area contributed by atoms with Crippen molar-refractivity contribution in [2.75, 3.05) is 14.2 Å². The van der Waals surface area contributed by atoms with E-state index in [-0.39, 0.29) is 11.2 Å². The highest BCUT2D eigenvalue weighted by Crippen LogP contribution is 2.38. The Labute approximate surface area is 207 Å². The molecule has 176 valence electrons. The number of aromatic nitrogens is 1. The van der Waals surface area contributed by atoms with E-state index in [4.69, 9.17) is 9.47 Å². The molecule has 5 aromatic rings. The first-order valence-electron chi connectivity index (χ1n) is 11.2. The minimum atomic E-state index is -0.0343. The van der Waals surface area contributed by atoms with Gasteiger partial charge in [-0.25, -0.2) is 0 Å². The maximum atomic E-state index is 13.3. The summed E-state index contributed by atoms with van der Waals surface area (Å²) in [6.45, 7) is 0.469. The molecule has 0 fully saturated rings. The number of para-hydroxylation sites is 1. The van der Waals surface area contributed by atoms with E-state index in [1.54, 1.807) is 23.9 Å². The monoisotopic (exact) mass is 483 g/mol. The Balaban J connectivity index is 1.65. The Morgan fingerprint density at radius 2 is 1.43 bits per heavy atom. The van der Waals surface area contributed by atoms with E-state index in [1.807, 2.05) is 54.6 Å². The maximum absolute atomic E-state index is 13.3. The normalized spacial score (nSPS) is 11.1. The summed E-state index contributed by atoms with van der Waals surface area (Å²) in [7, 11) is 3.03. The van der Waals surface area contributed by atoms with Crippen molar-refractivity contribution in [1.82, 2.24) is 4.57 Å². The molecule has 1 heterocycles. The Bertz CT molecular complexity index is 1550. The number of phenolic OH excluding ortho intramolecular Hbond substituents is 1. The van der Waals surface area contributed by atoms with Crippen molar-refractivity contribution in [3.63, 3.8) is 0 Å². The first-order chi connectivity index (χ1) is 17.1. The number of nitrogens with zero attached hydrogens (tertiary/aromatic N) is 1. The van der Waals surface area contributed by atoms with Crippen LogP contribution in [0.5, 0.6) is 17.2 Å². The van der Waals surface area contributed by atoms with Crippen molar-refractivity contribution in [2.45, 2.75) is 17.2 Å². The van der Waals surface area contributed by atoms with Gasteiger partial charge in [-0.1, -0.05) is 42.5 Å². The van der Waals surface area contributed by atoms with E-state index in [2.05, 4.69) is 22.8 Å². The minimum absolute atomic E-state index is 0.0207. The first-order valence-corrected chi connectivity index (χ1v) is 12.2. The summed E-state index contributed by atoms with van der Waals surface area (Å²) >= 11 is 1.74. The molecule has 0 bridgehead atoms. The van der Waals surface area contributed by atoms with Gasteiger partial charge in [-0.3, -0.25) is 4.79 Å². The van der Waals surface area contributed by atoms with Gasteiger partial charge in [0.2, 0.25) is 5.75 Å². The van der Waals surface area contributed by atoms with Crippen molar-refractivity contribution in [3.8, 4) is 17.2 Å². The molecule has 0 aliphatic carbocycles. The Morgan fingerprint density at radius 1 is 0.771 bits per heavy atom. The molecule has 35 heavy (non-hydrogen) atoms. The van der Waals surface area contributed by atoms with Gasteiger partial charge in [0.05, 0.1) is 25.3 Å². The molecular weight excluding hydrogens is 458 g/mol. The van der Waals surface area contributed by atoms with Gasteiger partial charge in [-0.15, -0.1) is 11.8 Å². The average molecular weight is 484 g/mol. The molecule has 5 rings (SSSR count). The van der Waals surface area contributed by atoms with E-state index in [9.17, 15) is 9.90 Å². The third-order valence-electron chi connectivity index (χ3n) is 6.07. The lowest BCUT2D eigenvalue weighted by Crippen LogP contribution is -2.12. The summed E-state index contributed by atoms with van der Waals surface area (Å²) in [6, 6.07) is 27.6. The van der Waals surface area contributed by atoms with Crippen molar-refractivity contribution < 1.29 is 14.6 Å². The number of methoxy groups -OCH3 is 2. The van der Waals surface area contributed by atoms with Gasteiger partial charge in [-0.2, -0.15) is 0 Å². The fourth-order valence-corrected chi connectivity index (χ4v) is 5.21. The lowest BCUT2D eigenvalue weighted by atomic mass is 10.1. The average Bonchev–Trinajstić information content (AvgIpc) is 2.91. The van der Waals surface area contributed by atoms with Crippen molar-refractivity contribution in [2.24, 2.45) is 0 Å². The van der Waals surface area contributed by atoms with Crippen molar-refractivity contribution in [3.05, 3.63) is 106 Å². The molecule has 0 atom stereocenters. The van der Waals surface area contributed by atoms with Crippen LogP contribution in [0.3, 0.4) is 0 Å². The zero-order valence-electron chi connectivity index (χ0n) is 19.5. The number of hydrogen-bond donors (Lipinski definition) is 1. The topological polar surface area (TPSA) is 60.7 Å². The number of benzene rings is 4. The van der Waals surface area contributed by atoms with Crippen LogP contribution in [0.25, 0.3) is 21.8 Å². The second-order valence-electron chi connectivity index (χ2n) is 8.23. The van der Waals surface area contributed by atoms with Crippen LogP contribution in [-0.4, -0.2) is 23.9 Å². The molecule has 1 N–H and O–H groups in total. The number of pyridine rings is 1. The minimum Gasteiger partial charge on any atom is -0.502 e. The number of ether oxygens (including phenoxy) is 2. The zero-order chi connectivity index (χ0) is 24.4. The lowest BCUT2D eigenvalue weighted by Gasteiger charge is -2.18. The van der Waals surface area contributed by atoms with Gasteiger partial charge >= 0.3 is 0 Å². The quantitative estimate of drug-likeness (QED) is 0.220. The summed E-state index contributed by atoms with van der Waals surface area (Å²) in [6.07, 6.45) is 0. The highest BCUT2D eigenvalue weighted by atomic mass is 32.2. The molecule has 6 heteroatoms. The number of rotatable bonds is 7. The SMILES string of the molecule is COc1cc(Cn2c3ccccc3c(=O)c3ccc(SCc4ccccc4)cc32)cc(OC)c1O. The van der Waals surface area contributed by atoms with Gasteiger partial charge in [-0.05, 0) is 53.6 Å². The number of fused-ring (bicyclic) bond motifs is 2. The highest BCUT2D eigenvalue weighted by Gasteiger charge is 2.15. The molecule has 5 nitrogen and oxygen atoms in total. The van der Waals surface area contributed by atoms with Crippen LogP contribution in [0, 0.1) is 0 Å². The van der Waals surface area contributed by atoms with Gasteiger partial charge in [0.15, 0.2) is 16.9 Å². The van der Waals surface area contributed by atoms with Crippen LogP contribution in [0.4, 0.5) is 0 Å². The molecule has 0 amide bonds. The number of aromatic hydroxyl groups is 1. The molecule has 0 aliphatic rings. The Hall–Kier alpha value is -3.90. The Morgan fingerprint density at radius 3 is 2.14 bits per heavy atom. The maximum Gasteiger partial charge on any atom is 0.200 e. The van der Waals surface area contributed by atoms with E-state index >= 15 is 0 Å². The van der Waals surface area contributed by atoms with E-state index in [0.717, 1.165) is 27.2 Å². The smallest absolute Gasteiger partial charge is 0.200 e.